The first-order chi connectivity index (χ1) is 19.7. The third-order valence-electron chi connectivity index (χ3n) is 9.62. The molecule has 2 aromatic carbocycles. The van der Waals surface area contributed by atoms with Gasteiger partial charge in [-0.2, -0.15) is 0 Å². The molecule has 1 unspecified atom stereocenters. The van der Waals surface area contributed by atoms with Crippen LogP contribution in [0.25, 0.3) is 0 Å². The first-order valence-electron chi connectivity index (χ1n) is 14.7. The van der Waals surface area contributed by atoms with Crippen molar-refractivity contribution in [3.8, 4) is 28.7 Å². The molecule has 1 radical (unpaired) electrons. The number of piperazine rings is 1. The van der Waals surface area contributed by atoms with E-state index in [9.17, 15) is 20.1 Å². The minimum absolute atomic E-state index is 0. The van der Waals surface area contributed by atoms with Crippen molar-refractivity contribution in [1.29, 1.82) is 0 Å². The van der Waals surface area contributed by atoms with Crippen molar-refractivity contribution in [2.45, 2.75) is 89.7 Å². The van der Waals surface area contributed by atoms with Crippen LogP contribution in [-0.2, 0) is 17.6 Å². The third-order valence-corrected chi connectivity index (χ3v) is 9.62. The average Bonchev–Trinajstić information content (AvgIpc) is 3.43. The number of nitrogens with zero attached hydrogens (tertiary/aromatic N) is 2. The number of unbranched alkanes of at least 4 members (excludes halogenated alkanes) is 2. The van der Waals surface area contributed by atoms with Crippen LogP contribution in [0.2, 0.25) is 0 Å². The van der Waals surface area contributed by atoms with Crippen molar-refractivity contribution in [2.75, 3.05) is 27.5 Å². The van der Waals surface area contributed by atoms with Crippen LogP contribution >= 0.6 is 0 Å². The molecule has 1 saturated heterocycles. The number of hydrogen-bond donors (Lipinski definition) is 4. The Balaban J connectivity index is 0.00000353. The summed E-state index contributed by atoms with van der Waals surface area (Å²) in [5, 5.41) is 38.1. The number of methoxy groups -OCH3 is 1. The van der Waals surface area contributed by atoms with Crippen molar-refractivity contribution in [3.63, 3.8) is 0 Å². The summed E-state index contributed by atoms with van der Waals surface area (Å²) >= 11 is 0. The molecular weight excluding hydrogens is 753 g/mol. The molecule has 5 atom stereocenters. The van der Waals surface area contributed by atoms with Crippen LogP contribution in [0.5, 0.6) is 28.7 Å². The number of aryl methyl sites for hydroxylation is 1. The molecule has 11 heteroatoms. The van der Waals surface area contributed by atoms with E-state index in [2.05, 4.69) is 22.0 Å². The number of benzene rings is 2. The number of ether oxygens (including phenoxy) is 3. The molecule has 42 heavy (non-hydrogen) atoms. The summed E-state index contributed by atoms with van der Waals surface area (Å²) in [7, 11) is 3.54. The van der Waals surface area contributed by atoms with Gasteiger partial charge in [0, 0.05) is 85.3 Å². The predicted octanol–water partition coefficient (Wildman–Crippen LogP) is 3.35. The van der Waals surface area contributed by atoms with E-state index >= 15 is 0 Å². The Morgan fingerprint density at radius 3 is 2.55 bits per heavy atom. The molecule has 0 aromatic heterocycles. The van der Waals surface area contributed by atoms with E-state index < -0.39 is 12.3 Å². The van der Waals surface area contributed by atoms with Gasteiger partial charge in [0.05, 0.1) is 25.2 Å². The summed E-state index contributed by atoms with van der Waals surface area (Å²) in [6.07, 6.45) is 3.36. The molecule has 2 bridgehead atoms. The van der Waals surface area contributed by atoms with Gasteiger partial charge in [0.15, 0.2) is 23.0 Å². The molecule has 4 N–H and O–H groups in total. The smallest absolute Gasteiger partial charge is 0.231 e. The second-order valence-electron chi connectivity index (χ2n) is 11.9. The van der Waals surface area contributed by atoms with Gasteiger partial charge in [-0.05, 0) is 51.3 Å². The maximum atomic E-state index is 12.9. The topological polar surface area (TPSA) is 124 Å². The Bertz CT molecular complexity index is 1390. The molecule has 225 valence electrons. The molecular formula is C31H41AcN3O7. The number of hydrogen-bond acceptors (Lipinski definition) is 9. The first kappa shape index (κ1) is 31.6. The number of aliphatic hydroxyl groups is 1. The fourth-order valence-corrected chi connectivity index (χ4v) is 7.69. The number of phenolic OH excluding ortho intramolecular Hbond substituents is 2. The summed E-state index contributed by atoms with van der Waals surface area (Å²) in [6.45, 7) is 6.11. The van der Waals surface area contributed by atoms with Crippen LogP contribution in [0.15, 0.2) is 6.07 Å². The number of nitrogens with one attached hydrogen (secondary N) is 1. The number of fused-ring (bicyclic) bond motifs is 9. The van der Waals surface area contributed by atoms with Crippen LogP contribution < -0.4 is 19.5 Å². The number of carbonyl (C=O) groups is 1. The zero-order valence-electron chi connectivity index (χ0n) is 25.1. The summed E-state index contributed by atoms with van der Waals surface area (Å²) in [5.41, 5.74) is 4.71. The molecule has 0 saturated carbocycles. The summed E-state index contributed by atoms with van der Waals surface area (Å²) < 4.78 is 17.3. The number of likely N-dealkylation sites (N-methyl/N-ethyl adjacent to an activating group) is 1. The third kappa shape index (κ3) is 4.88. The van der Waals surface area contributed by atoms with Crippen molar-refractivity contribution < 1.29 is 78.4 Å². The SMILES string of the molecule is CCCCCC(=O)NC[C@H]1c2c(c(O)c(C)c3c2OCO3)CC2[C@H]3c4c(cc(C)c(OC)c4O)C[C@@H]([C@H](O)N21)N3C.[Ac]. The van der Waals surface area contributed by atoms with Gasteiger partial charge in [0.1, 0.15) is 12.0 Å². The van der Waals surface area contributed by atoms with Gasteiger partial charge in [-0.15, -0.1) is 0 Å². The zero-order valence-corrected chi connectivity index (χ0v) is 29.8. The molecule has 0 aliphatic carbocycles. The van der Waals surface area contributed by atoms with Crippen LogP contribution in [-0.4, -0.2) is 76.8 Å². The van der Waals surface area contributed by atoms with E-state index in [0.717, 1.165) is 47.1 Å². The summed E-state index contributed by atoms with van der Waals surface area (Å²) in [4.78, 5) is 17.1. The minimum atomic E-state index is -0.865. The molecule has 0 spiro atoms. The molecule has 1 amide bonds. The standard InChI is InChI=1S/C31H41N3O7.Ac/c1-6-7-8-9-22(35)32-13-21-24-18(26(36)16(3)29-30(24)41-14-40-29)12-19-25-23-17(10-15(2)28(39-5)27(23)37)11-20(33(25)4)31(38)34(19)21;/h10,19-21,25,31,36-38H,6-9,11-14H2,1-5H3,(H,32,35);/t19?,20-,21-,25-,31-;/m0./s1. The predicted molar refractivity (Wildman–Crippen MR) is 152 cm³/mol. The number of phenols is 2. The van der Waals surface area contributed by atoms with Crippen molar-refractivity contribution in [1.82, 2.24) is 15.1 Å². The van der Waals surface area contributed by atoms with E-state index in [0.29, 0.717) is 42.1 Å². The molecule has 2 aromatic rings. The first-order valence-corrected chi connectivity index (χ1v) is 14.7. The Morgan fingerprint density at radius 2 is 1.83 bits per heavy atom. The van der Waals surface area contributed by atoms with E-state index in [1.54, 1.807) is 7.11 Å². The fourth-order valence-electron chi connectivity index (χ4n) is 7.69. The molecule has 6 rings (SSSR count). The van der Waals surface area contributed by atoms with Crippen LogP contribution in [0.3, 0.4) is 0 Å². The summed E-state index contributed by atoms with van der Waals surface area (Å²) in [6, 6.07) is 0.717. The van der Waals surface area contributed by atoms with Crippen LogP contribution in [0, 0.1) is 57.9 Å². The van der Waals surface area contributed by atoms with Gasteiger partial charge < -0.3 is 34.8 Å². The Kier molecular flexibility index (Phi) is 9.28. The second kappa shape index (κ2) is 12.3. The number of aromatic hydroxyl groups is 2. The number of aliphatic hydroxyl groups excluding tert-OH is 1. The average molecular weight is 795 g/mol. The maximum absolute atomic E-state index is 12.9. The van der Waals surface area contributed by atoms with Gasteiger partial charge in [0.25, 0.3) is 0 Å². The van der Waals surface area contributed by atoms with Gasteiger partial charge in [-0.25, -0.2) is 0 Å². The largest absolute Gasteiger partial charge is 0.507 e. The van der Waals surface area contributed by atoms with E-state index in [1.165, 1.54) is 0 Å². The van der Waals surface area contributed by atoms with E-state index in [1.807, 2.05) is 27.0 Å². The van der Waals surface area contributed by atoms with E-state index in [-0.39, 0.29) is 92.9 Å². The van der Waals surface area contributed by atoms with Gasteiger partial charge in [-0.3, -0.25) is 14.6 Å². The van der Waals surface area contributed by atoms with Crippen LogP contribution in [0.4, 0.5) is 0 Å². The summed E-state index contributed by atoms with van der Waals surface area (Å²) in [5.74, 6) is 1.74. The van der Waals surface area contributed by atoms with Crippen LogP contribution in [0.1, 0.15) is 78.1 Å². The van der Waals surface area contributed by atoms with Gasteiger partial charge in [-0.1, -0.05) is 25.8 Å². The molecule has 4 aliphatic heterocycles. The molecule has 4 aliphatic rings. The second-order valence-corrected chi connectivity index (χ2v) is 11.9. The Hall–Kier alpha value is -1.77. The maximum Gasteiger partial charge on any atom is 0.231 e. The monoisotopic (exact) mass is 794 g/mol. The number of carbonyl (C=O) groups excluding carboxylic acids is 1. The number of amides is 1. The van der Waals surface area contributed by atoms with E-state index in [4.69, 9.17) is 14.2 Å². The van der Waals surface area contributed by atoms with Gasteiger partial charge in [0.2, 0.25) is 12.7 Å². The Morgan fingerprint density at radius 1 is 1.10 bits per heavy atom. The fraction of sp³-hybridized carbons (Fsp3) is 0.581. The number of rotatable bonds is 7. The zero-order chi connectivity index (χ0) is 29.2. The molecule has 1 fully saturated rings. The van der Waals surface area contributed by atoms with Crippen molar-refractivity contribution >= 4 is 5.91 Å². The minimum Gasteiger partial charge on any atom is -0.507 e. The normalized spacial score (nSPS) is 25.6. The van der Waals surface area contributed by atoms with Crippen molar-refractivity contribution in [3.05, 3.63) is 39.4 Å². The molecule has 10 nitrogen and oxygen atoms in total. The Labute approximate surface area is 282 Å². The van der Waals surface area contributed by atoms with Crippen molar-refractivity contribution in [2.24, 2.45) is 0 Å². The van der Waals surface area contributed by atoms with Gasteiger partial charge >= 0.3 is 0 Å². The quantitative estimate of drug-likeness (QED) is 0.313. The molecule has 4 heterocycles.